The number of benzene rings is 3. The molecule has 0 saturated carbocycles. The van der Waals surface area contributed by atoms with Crippen LogP contribution in [0.15, 0.2) is 60.7 Å². The van der Waals surface area contributed by atoms with Gasteiger partial charge in [0.25, 0.3) is 0 Å². The average Bonchev–Trinajstić information content (AvgIpc) is 3.20. The second-order valence-corrected chi connectivity index (χ2v) is 8.03. The van der Waals surface area contributed by atoms with E-state index in [4.69, 9.17) is 24.1 Å². The van der Waals surface area contributed by atoms with E-state index in [1.165, 1.54) is 0 Å². The summed E-state index contributed by atoms with van der Waals surface area (Å²) in [6.45, 7) is 0.574. The summed E-state index contributed by atoms with van der Waals surface area (Å²) in [5, 5.41) is 9.12. The predicted molar refractivity (Wildman–Crippen MR) is 139 cm³/mol. The van der Waals surface area contributed by atoms with Gasteiger partial charge in [-0.2, -0.15) is 0 Å². The SMILES string of the molecule is COc1cccc(COc2cc(OCc3nc4ccc(OC)cc4n3C)ccc2CCC(=O)O)c1.Cl. The molecule has 36 heavy (non-hydrogen) atoms. The Morgan fingerprint density at radius 3 is 2.42 bits per heavy atom. The number of ether oxygens (including phenoxy) is 4. The van der Waals surface area contributed by atoms with Crippen molar-refractivity contribution < 1.29 is 28.8 Å². The second kappa shape index (κ2) is 12.2. The largest absolute Gasteiger partial charge is 0.497 e. The summed E-state index contributed by atoms with van der Waals surface area (Å²) in [6, 6.07) is 18.8. The topological polar surface area (TPSA) is 92.0 Å². The van der Waals surface area contributed by atoms with E-state index in [1.807, 2.05) is 66.2 Å². The smallest absolute Gasteiger partial charge is 0.303 e. The highest BCUT2D eigenvalue weighted by molar-refractivity contribution is 5.85. The number of carbonyl (C=O) groups is 1. The van der Waals surface area contributed by atoms with Crippen molar-refractivity contribution in [2.75, 3.05) is 14.2 Å². The molecule has 1 N–H and O–H groups in total. The third-order valence-corrected chi connectivity index (χ3v) is 5.72. The van der Waals surface area contributed by atoms with Crippen LogP contribution < -0.4 is 18.9 Å². The van der Waals surface area contributed by atoms with Crippen LogP contribution in [-0.4, -0.2) is 34.8 Å². The van der Waals surface area contributed by atoms with Crippen LogP contribution in [-0.2, 0) is 31.5 Å². The van der Waals surface area contributed by atoms with E-state index in [9.17, 15) is 4.79 Å². The van der Waals surface area contributed by atoms with Crippen molar-refractivity contribution in [3.8, 4) is 23.0 Å². The third-order valence-electron chi connectivity index (χ3n) is 5.72. The first-order valence-corrected chi connectivity index (χ1v) is 11.2. The molecule has 0 unspecified atom stereocenters. The molecule has 0 saturated heterocycles. The van der Waals surface area contributed by atoms with Crippen LogP contribution in [0.2, 0.25) is 0 Å². The molecule has 0 fully saturated rings. The third kappa shape index (κ3) is 6.40. The van der Waals surface area contributed by atoms with Crippen LogP contribution in [0.5, 0.6) is 23.0 Å². The van der Waals surface area contributed by atoms with Crippen molar-refractivity contribution >= 4 is 29.4 Å². The molecule has 0 bridgehead atoms. The van der Waals surface area contributed by atoms with E-state index < -0.39 is 5.97 Å². The first kappa shape index (κ1) is 26.7. The highest BCUT2D eigenvalue weighted by atomic mass is 35.5. The number of carboxylic acid groups (broad SMARTS) is 1. The fraction of sp³-hybridized carbons (Fsp3) is 0.259. The van der Waals surface area contributed by atoms with Crippen LogP contribution in [0.25, 0.3) is 11.0 Å². The molecular weight excluding hydrogens is 484 g/mol. The van der Waals surface area contributed by atoms with Crippen LogP contribution in [0.1, 0.15) is 23.4 Å². The molecule has 0 aliphatic heterocycles. The van der Waals surface area contributed by atoms with Gasteiger partial charge in [0.1, 0.15) is 42.0 Å². The number of imidazole rings is 1. The van der Waals surface area contributed by atoms with E-state index in [0.29, 0.717) is 24.5 Å². The number of methoxy groups -OCH3 is 2. The number of hydrogen-bond acceptors (Lipinski definition) is 6. The molecule has 0 aliphatic rings. The molecule has 1 heterocycles. The van der Waals surface area contributed by atoms with Crippen LogP contribution in [0, 0.1) is 0 Å². The van der Waals surface area contributed by atoms with Gasteiger partial charge < -0.3 is 28.6 Å². The quantitative estimate of drug-likeness (QED) is 0.296. The minimum absolute atomic E-state index is 0. The monoisotopic (exact) mass is 512 g/mol. The highest BCUT2D eigenvalue weighted by Crippen LogP contribution is 2.29. The summed E-state index contributed by atoms with van der Waals surface area (Å²) in [5.74, 6) is 2.61. The number of nitrogens with zero attached hydrogens (tertiary/aromatic N) is 2. The van der Waals surface area contributed by atoms with Gasteiger partial charge in [-0.1, -0.05) is 18.2 Å². The molecule has 1 aromatic heterocycles. The Labute approximate surface area is 215 Å². The summed E-state index contributed by atoms with van der Waals surface area (Å²) < 4.78 is 24.7. The molecule has 0 radical (unpaired) electrons. The van der Waals surface area contributed by atoms with E-state index in [0.717, 1.165) is 39.5 Å². The summed E-state index contributed by atoms with van der Waals surface area (Å²) >= 11 is 0. The second-order valence-electron chi connectivity index (χ2n) is 8.03. The number of aryl methyl sites for hydroxylation is 2. The van der Waals surface area contributed by atoms with Crippen molar-refractivity contribution in [1.29, 1.82) is 0 Å². The van der Waals surface area contributed by atoms with E-state index in [-0.39, 0.29) is 25.4 Å². The van der Waals surface area contributed by atoms with E-state index in [1.54, 1.807) is 20.3 Å². The van der Waals surface area contributed by atoms with Crippen molar-refractivity contribution in [2.45, 2.75) is 26.1 Å². The van der Waals surface area contributed by atoms with Crippen molar-refractivity contribution in [3.63, 3.8) is 0 Å². The molecule has 0 amide bonds. The van der Waals surface area contributed by atoms with Crippen LogP contribution >= 0.6 is 12.4 Å². The molecular formula is C27H29ClN2O6. The van der Waals surface area contributed by atoms with Gasteiger partial charge in [-0.15, -0.1) is 12.4 Å². The number of hydrogen-bond donors (Lipinski definition) is 1. The number of rotatable bonds is 11. The molecule has 0 aliphatic carbocycles. The van der Waals surface area contributed by atoms with Crippen molar-refractivity contribution in [1.82, 2.24) is 9.55 Å². The minimum atomic E-state index is -0.859. The van der Waals surface area contributed by atoms with Gasteiger partial charge in [0, 0.05) is 25.6 Å². The lowest BCUT2D eigenvalue weighted by atomic mass is 10.1. The fourth-order valence-corrected chi connectivity index (χ4v) is 3.75. The Balaban J connectivity index is 0.00000361. The standard InChI is InChI=1S/C27H28N2O6.ClH/c1-29-24-14-21(33-3)10-11-23(24)28-26(29)17-34-22-9-7-19(8-12-27(30)31)25(15-22)35-16-18-5-4-6-20(13-18)32-2;/h4-7,9-11,13-15H,8,12,16-17H2,1-3H3,(H,30,31);1H. The Bertz CT molecular complexity index is 1340. The molecule has 4 rings (SSSR count). The normalized spacial score (nSPS) is 10.5. The highest BCUT2D eigenvalue weighted by Gasteiger charge is 2.12. The zero-order valence-electron chi connectivity index (χ0n) is 20.4. The molecule has 4 aromatic rings. The Morgan fingerprint density at radius 1 is 0.917 bits per heavy atom. The van der Waals surface area contributed by atoms with Crippen molar-refractivity contribution in [3.05, 3.63) is 77.6 Å². The van der Waals surface area contributed by atoms with Gasteiger partial charge in [0.05, 0.1) is 25.3 Å². The van der Waals surface area contributed by atoms with Gasteiger partial charge in [0.2, 0.25) is 0 Å². The van der Waals surface area contributed by atoms with Gasteiger partial charge in [-0.25, -0.2) is 4.98 Å². The summed E-state index contributed by atoms with van der Waals surface area (Å²) in [4.78, 5) is 15.8. The summed E-state index contributed by atoms with van der Waals surface area (Å²) in [7, 11) is 5.19. The first-order valence-electron chi connectivity index (χ1n) is 11.2. The average molecular weight is 513 g/mol. The Hall–Kier alpha value is -3.91. The van der Waals surface area contributed by atoms with E-state index >= 15 is 0 Å². The van der Waals surface area contributed by atoms with Crippen LogP contribution in [0.3, 0.4) is 0 Å². The zero-order valence-corrected chi connectivity index (χ0v) is 21.2. The lowest BCUT2D eigenvalue weighted by Crippen LogP contribution is -2.05. The zero-order chi connectivity index (χ0) is 24.8. The van der Waals surface area contributed by atoms with Crippen LogP contribution in [0.4, 0.5) is 0 Å². The Morgan fingerprint density at radius 2 is 1.67 bits per heavy atom. The number of carboxylic acids is 1. The lowest BCUT2D eigenvalue weighted by Gasteiger charge is -2.14. The Kier molecular flexibility index (Phi) is 9.02. The van der Waals surface area contributed by atoms with Gasteiger partial charge in [-0.3, -0.25) is 4.79 Å². The molecule has 0 spiro atoms. The predicted octanol–water partition coefficient (Wildman–Crippen LogP) is 5.19. The maximum atomic E-state index is 11.1. The molecule has 9 heteroatoms. The number of halogens is 1. The lowest BCUT2D eigenvalue weighted by molar-refractivity contribution is -0.136. The van der Waals surface area contributed by atoms with Gasteiger partial charge >= 0.3 is 5.97 Å². The maximum absolute atomic E-state index is 11.1. The minimum Gasteiger partial charge on any atom is -0.497 e. The molecule has 3 aromatic carbocycles. The number of fused-ring (bicyclic) bond motifs is 1. The number of aromatic nitrogens is 2. The van der Waals surface area contributed by atoms with Gasteiger partial charge in [0.15, 0.2) is 0 Å². The van der Waals surface area contributed by atoms with Crippen molar-refractivity contribution in [2.24, 2.45) is 7.05 Å². The summed E-state index contributed by atoms with van der Waals surface area (Å²) in [6.07, 6.45) is 0.370. The molecule has 190 valence electrons. The van der Waals surface area contributed by atoms with E-state index in [2.05, 4.69) is 4.98 Å². The number of aliphatic carboxylic acids is 1. The van der Waals surface area contributed by atoms with Gasteiger partial charge in [-0.05, 0) is 47.9 Å². The molecule has 8 nitrogen and oxygen atoms in total. The molecule has 0 atom stereocenters. The summed E-state index contributed by atoms with van der Waals surface area (Å²) in [5.41, 5.74) is 3.56. The fourth-order valence-electron chi connectivity index (χ4n) is 3.75. The first-order chi connectivity index (χ1) is 17.0. The maximum Gasteiger partial charge on any atom is 0.303 e.